The summed E-state index contributed by atoms with van der Waals surface area (Å²) in [4.78, 5) is 10.8. The predicted molar refractivity (Wildman–Crippen MR) is 77.9 cm³/mol. The number of hydrogen-bond acceptors (Lipinski definition) is 4. The summed E-state index contributed by atoms with van der Waals surface area (Å²) < 4.78 is 26.9. The second kappa shape index (κ2) is 5.64. The van der Waals surface area contributed by atoms with Crippen molar-refractivity contribution < 1.29 is 18.3 Å². The molecule has 5 nitrogen and oxygen atoms in total. The minimum Gasteiger partial charge on any atom is -0.477 e. The summed E-state index contributed by atoms with van der Waals surface area (Å²) in [5.74, 6) is -1.13. The quantitative estimate of drug-likeness (QED) is 0.889. The fraction of sp³-hybridized carbons (Fsp3) is 0.154. The van der Waals surface area contributed by atoms with E-state index in [0.717, 1.165) is 16.9 Å². The summed E-state index contributed by atoms with van der Waals surface area (Å²) in [7, 11) is -3.75. The smallest absolute Gasteiger partial charge is 0.345 e. The fourth-order valence-corrected chi connectivity index (χ4v) is 3.95. The van der Waals surface area contributed by atoms with Gasteiger partial charge in [-0.15, -0.1) is 11.3 Å². The number of benzene rings is 1. The molecular formula is C13H13NO4S2. The van der Waals surface area contributed by atoms with E-state index >= 15 is 0 Å². The van der Waals surface area contributed by atoms with Gasteiger partial charge >= 0.3 is 5.97 Å². The van der Waals surface area contributed by atoms with Gasteiger partial charge in [-0.3, -0.25) is 4.72 Å². The van der Waals surface area contributed by atoms with Crippen LogP contribution in [0.1, 0.15) is 22.2 Å². The number of rotatable bonds is 5. The molecular weight excluding hydrogens is 298 g/mol. The molecule has 2 N–H and O–H groups in total. The molecule has 0 aliphatic heterocycles. The number of anilines is 1. The maximum absolute atomic E-state index is 12.2. The highest BCUT2D eigenvalue weighted by Gasteiger charge is 2.19. The Kier molecular flexibility index (Phi) is 4.10. The summed E-state index contributed by atoms with van der Waals surface area (Å²) in [6.45, 7) is 1.93. The standard InChI is InChI=1S/C13H13NO4S2/c1-2-9-5-3-4-6-10(9)14-20(17,18)12-8-7-11(19-12)13(15)16/h3-8,14H,2H2,1H3,(H,15,16). The van der Waals surface area contributed by atoms with Crippen molar-refractivity contribution in [3.8, 4) is 0 Å². The van der Waals surface area contributed by atoms with E-state index in [1.54, 1.807) is 12.1 Å². The molecule has 1 aromatic carbocycles. The lowest BCUT2D eigenvalue weighted by Gasteiger charge is -2.10. The number of para-hydroxylation sites is 1. The van der Waals surface area contributed by atoms with E-state index in [1.807, 2.05) is 19.1 Å². The Morgan fingerprint density at radius 1 is 1.25 bits per heavy atom. The Morgan fingerprint density at radius 3 is 2.55 bits per heavy atom. The third kappa shape index (κ3) is 3.00. The number of carboxylic acids is 1. The van der Waals surface area contributed by atoms with Crippen LogP contribution >= 0.6 is 11.3 Å². The zero-order valence-corrected chi connectivity index (χ0v) is 12.3. The third-order valence-corrected chi connectivity index (χ3v) is 5.63. The van der Waals surface area contributed by atoms with Crippen LogP contribution in [-0.4, -0.2) is 19.5 Å². The van der Waals surface area contributed by atoms with Crippen molar-refractivity contribution in [2.24, 2.45) is 0 Å². The number of aromatic carboxylic acids is 1. The highest BCUT2D eigenvalue weighted by atomic mass is 32.2. The van der Waals surface area contributed by atoms with Gasteiger partial charge in [0.25, 0.3) is 10.0 Å². The zero-order valence-electron chi connectivity index (χ0n) is 10.7. The number of aryl methyl sites for hydroxylation is 1. The van der Waals surface area contributed by atoms with E-state index in [-0.39, 0.29) is 9.09 Å². The predicted octanol–water partition coefficient (Wildman–Crippen LogP) is 2.81. The minimum absolute atomic E-state index is 0.00542. The number of carboxylic acid groups (broad SMARTS) is 1. The summed E-state index contributed by atoms with van der Waals surface area (Å²) in [6, 6.07) is 9.69. The first-order valence-corrected chi connectivity index (χ1v) is 8.18. The molecule has 0 unspecified atom stereocenters. The summed E-state index contributed by atoms with van der Waals surface area (Å²) >= 11 is 0.731. The van der Waals surface area contributed by atoms with Crippen LogP contribution in [0.2, 0.25) is 0 Å². The van der Waals surface area contributed by atoms with Gasteiger partial charge in [0.1, 0.15) is 9.09 Å². The van der Waals surface area contributed by atoms with E-state index in [1.165, 1.54) is 12.1 Å². The van der Waals surface area contributed by atoms with Gasteiger partial charge in [0, 0.05) is 0 Å². The highest BCUT2D eigenvalue weighted by molar-refractivity contribution is 7.94. The van der Waals surface area contributed by atoms with Gasteiger partial charge in [-0.1, -0.05) is 25.1 Å². The molecule has 0 saturated carbocycles. The Hall–Kier alpha value is -1.86. The van der Waals surface area contributed by atoms with Crippen LogP contribution in [0.4, 0.5) is 5.69 Å². The number of sulfonamides is 1. The van der Waals surface area contributed by atoms with Crippen LogP contribution in [0.15, 0.2) is 40.6 Å². The van der Waals surface area contributed by atoms with Crippen molar-refractivity contribution in [1.82, 2.24) is 0 Å². The van der Waals surface area contributed by atoms with Gasteiger partial charge in [0.2, 0.25) is 0 Å². The van der Waals surface area contributed by atoms with E-state index < -0.39 is 16.0 Å². The highest BCUT2D eigenvalue weighted by Crippen LogP contribution is 2.25. The van der Waals surface area contributed by atoms with Crippen LogP contribution in [0, 0.1) is 0 Å². The summed E-state index contributed by atoms with van der Waals surface area (Å²) in [6.07, 6.45) is 0.698. The fourth-order valence-electron chi connectivity index (χ4n) is 1.70. The lowest BCUT2D eigenvalue weighted by atomic mass is 10.1. The maximum atomic E-state index is 12.2. The molecule has 0 amide bonds. The van der Waals surface area contributed by atoms with Crippen LogP contribution in [0.25, 0.3) is 0 Å². The number of thiophene rings is 1. The van der Waals surface area contributed by atoms with Crippen molar-refractivity contribution in [2.75, 3.05) is 4.72 Å². The Labute approximate surface area is 120 Å². The molecule has 0 bridgehead atoms. The molecule has 7 heteroatoms. The van der Waals surface area contributed by atoms with Crippen LogP contribution < -0.4 is 4.72 Å². The van der Waals surface area contributed by atoms with Gasteiger partial charge in [0.15, 0.2) is 0 Å². The molecule has 0 aliphatic carbocycles. The molecule has 1 aromatic heterocycles. The van der Waals surface area contributed by atoms with E-state index in [0.29, 0.717) is 12.1 Å². The van der Waals surface area contributed by atoms with Crippen molar-refractivity contribution in [3.63, 3.8) is 0 Å². The molecule has 0 aliphatic rings. The second-order valence-corrected chi connectivity index (χ2v) is 7.03. The van der Waals surface area contributed by atoms with Crippen molar-refractivity contribution in [2.45, 2.75) is 17.6 Å². The second-order valence-electron chi connectivity index (χ2n) is 4.04. The average Bonchev–Trinajstić information content (AvgIpc) is 2.89. The lowest BCUT2D eigenvalue weighted by molar-refractivity contribution is 0.0702. The average molecular weight is 311 g/mol. The van der Waals surface area contributed by atoms with Gasteiger partial charge < -0.3 is 5.11 Å². The Bertz CT molecular complexity index is 734. The van der Waals surface area contributed by atoms with Crippen LogP contribution in [0.3, 0.4) is 0 Å². The van der Waals surface area contributed by atoms with Gasteiger partial charge in [-0.25, -0.2) is 13.2 Å². The molecule has 20 heavy (non-hydrogen) atoms. The van der Waals surface area contributed by atoms with Crippen molar-refractivity contribution >= 4 is 33.0 Å². The topological polar surface area (TPSA) is 83.5 Å². The number of carbonyl (C=O) groups is 1. The SMILES string of the molecule is CCc1ccccc1NS(=O)(=O)c1ccc(C(=O)O)s1. The molecule has 2 aromatic rings. The summed E-state index contributed by atoms with van der Waals surface area (Å²) in [5.41, 5.74) is 1.39. The molecule has 0 fully saturated rings. The van der Waals surface area contributed by atoms with E-state index in [4.69, 9.17) is 5.11 Å². The molecule has 2 rings (SSSR count). The first-order chi connectivity index (χ1) is 9.44. The molecule has 0 radical (unpaired) electrons. The minimum atomic E-state index is -3.75. The monoisotopic (exact) mass is 311 g/mol. The maximum Gasteiger partial charge on any atom is 0.345 e. The van der Waals surface area contributed by atoms with Crippen LogP contribution in [0.5, 0.6) is 0 Å². The molecule has 106 valence electrons. The normalized spacial score (nSPS) is 11.2. The number of hydrogen-bond donors (Lipinski definition) is 2. The number of nitrogens with one attached hydrogen (secondary N) is 1. The van der Waals surface area contributed by atoms with Gasteiger partial charge in [0.05, 0.1) is 5.69 Å². The van der Waals surface area contributed by atoms with Gasteiger partial charge in [-0.2, -0.15) is 0 Å². The Balaban J connectivity index is 2.33. The Morgan fingerprint density at radius 2 is 1.95 bits per heavy atom. The molecule has 0 spiro atoms. The summed E-state index contributed by atoms with van der Waals surface area (Å²) in [5, 5.41) is 8.83. The first-order valence-electron chi connectivity index (χ1n) is 5.88. The largest absolute Gasteiger partial charge is 0.477 e. The molecule has 1 heterocycles. The zero-order chi connectivity index (χ0) is 14.8. The third-order valence-electron chi connectivity index (χ3n) is 2.70. The lowest BCUT2D eigenvalue weighted by Crippen LogP contribution is -2.12. The first kappa shape index (κ1) is 14.5. The molecule has 0 saturated heterocycles. The van der Waals surface area contributed by atoms with Crippen molar-refractivity contribution in [1.29, 1.82) is 0 Å². The van der Waals surface area contributed by atoms with Gasteiger partial charge in [-0.05, 0) is 30.2 Å². The van der Waals surface area contributed by atoms with Crippen molar-refractivity contribution in [3.05, 3.63) is 46.8 Å². The van der Waals surface area contributed by atoms with Crippen LogP contribution in [-0.2, 0) is 16.4 Å². The van der Waals surface area contributed by atoms with E-state index in [9.17, 15) is 13.2 Å². The molecule has 0 atom stereocenters. The van der Waals surface area contributed by atoms with E-state index in [2.05, 4.69) is 4.72 Å².